The van der Waals surface area contributed by atoms with Gasteiger partial charge in [0, 0.05) is 19.2 Å². The van der Waals surface area contributed by atoms with E-state index >= 15 is 0 Å². The van der Waals surface area contributed by atoms with Gasteiger partial charge in [-0.2, -0.15) is 9.37 Å². The van der Waals surface area contributed by atoms with Gasteiger partial charge in [0.05, 0.1) is 5.60 Å². The molecule has 0 aromatic carbocycles. The maximum atomic E-state index is 13.5. The predicted molar refractivity (Wildman–Crippen MR) is 56.2 cm³/mol. The molecular formula is C11H13F3N2O. The summed E-state index contributed by atoms with van der Waals surface area (Å²) in [6.07, 6.45) is 1.24. The van der Waals surface area contributed by atoms with Gasteiger partial charge in [-0.3, -0.25) is 0 Å². The zero-order valence-electron chi connectivity index (χ0n) is 9.38. The molecule has 17 heavy (non-hydrogen) atoms. The average molecular weight is 246 g/mol. The maximum absolute atomic E-state index is 13.5. The van der Waals surface area contributed by atoms with Crippen molar-refractivity contribution in [3.05, 3.63) is 23.6 Å². The molecule has 1 aromatic heterocycles. The summed E-state index contributed by atoms with van der Waals surface area (Å²) in [5.74, 6) is -3.80. The highest BCUT2D eigenvalue weighted by Crippen LogP contribution is 2.26. The summed E-state index contributed by atoms with van der Waals surface area (Å²) < 4.78 is 39.2. The van der Waals surface area contributed by atoms with Crippen molar-refractivity contribution in [3.63, 3.8) is 0 Å². The van der Waals surface area contributed by atoms with Gasteiger partial charge in [0.2, 0.25) is 0 Å². The lowest BCUT2D eigenvalue weighted by molar-refractivity contribution is 0.0444. The van der Waals surface area contributed by atoms with E-state index in [4.69, 9.17) is 0 Å². The first-order valence-corrected chi connectivity index (χ1v) is 5.38. The summed E-state index contributed by atoms with van der Waals surface area (Å²) in [6, 6.07) is 0.473. The third kappa shape index (κ3) is 2.52. The molecule has 0 amide bonds. The Morgan fingerprint density at radius 2 is 2.06 bits per heavy atom. The SMILES string of the molecule is CC1(O)CCCN(c2nc(F)c(F)cc2F)C1. The molecule has 6 heteroatoms. The van der Waals surface area contributed by atoms with Crippen LogP contribution in [0.5, 0.6) is 0 Å². The maximum Gasteiger partial charge on any atom is 0.251 e. The van der Waals surface area contributed by atoms with Gasteiger partial charge in [-0.25, -0.2) is 8.78 Å². The van der Waals surface area contributed by atoms with E-state index in [-0.39, 0.29) is 12.4 Å². The Labute approximate surface area is 96.9 Å². The molecule has 0 bridgehead atoms. The van der Waals surface area contributed by atoms with Crippen LogP contribution in [0.25, 0.3) is 0 Å². The van der Waals surface area contributed by atoms with Crippen molar-refractivity contribution in [1.29, 1.82) is 0 Å². The highest BCUT2D eigenvalue weighted by atomic mass is 19.2. The standard InChI is InChI=1S/C11H13F3N2O/c1-11(17)3-2-4-16(6-11)10-8(13)5-7(12)9(14)15-10/h5,17H,2-4,6H2,1H3. The number of anilines is 1. The molecule has 0 aliphatic carbocycles. The number of piperidine rings is 1. The Hall–Kier alpha value is -1.30. The van der Waals surface area contributed by atoms with Crippen molar-refractivity contribution in [3.8, 4) is 0 Å². The highest BCUT2D eigenvalue weighted by molar-refractivity contribution is 5.41. The number of hydrogen-bond acceptors (Lipinski definition) is 3. The fraction of sp³-hybridized carbons (Fsp3) is 0.545. The summed E-state index contributed by atoms with van der Waals surface area (Å²) in [6.45, 7) is 2.24. The van der Waals surface area contributed by atoms with Crippen molar-refractivity contribution in [2.45, 2.75) is 25.4 Å². The minimum Gasteiger partial charge on any atom is -0.388 e. The molecule has 1 aliphatic heterocycles. The number of aliphatic hydroxyl groups is 1. The molecular weight excluding hydrogens is 233 g/mol. The van der Waals surface area contributed by atoms with Gasteiger partial charge in [-0.05, 0) is 19.8 Å². The van der Waals surface area contributed by atoms with Crippen molar-refractivity contribution >= 4 is 5.82 Å². The first-order chi connectivity index (χ1) is 7.89. The normalized spacial score (nSPS) is 25.1. The first kappa shape index (κ1) is 12.2. The molecule has 0 saturated carbocycles. The molecule has 0 radical (unpaired) electrons. The Morgan fingerprint density at radius 3 is 2.71 bits per heavy atom. The summed E-state index contributed by atoms with van der Waals surface area (Å²) in [5.41, 5.74) is -0.961. The number of hydrogen-bond donors (Lipinski definition) is 1. The van der Waals surface area contributed by atoms with E-state index in [1.807, 2.05) is 0 Å². The van der Waals surface area contributed by atoms with E-state index in [2.05, 4.69) is 4.98 Å². The Morgan fingerprint density at radius 1 is 1.35 bits per heavy atom. The minimum absolute atomic E-state index is 0.155. The third-order valence-corrected chi connectivity index (χ3v) is 2.84. The van der Waals surface area contributed by atoms with E-state index in [1.165, 1.54) is 4.90 Å². The zero-order chi connectivity index (χ0) is 12.6. The Kier molecular flexibility index (Phi) is 2.99. The summed E-state index contributed by atoms with van der Waals surface area (Å²) in [5, 5.41) is 9.86. The molecule has 0 spiro atoms. The molecule has 2 rings (SSSR count). The van der Waals surface area contributed by atoms with Crippen LogP contribution in [0.3, 0.4) is 0 Å². The number of halogens is 3. The summed E-state index contributed by atoms with van der Waals surface area (Å²) in [7, 11) is 0. The predicted octanol–water partition coefficient (Wildman–Crippen LogP) is 1.85. The Balaban J connectivity index is 2.31. The molecule has 1 fully saturated rings. The van der Waals surface area contributed by atoms with E-state index < -0.39 is 23.2 Å². The molecule has 1 saturated heterocycles. The largest absolute Gasteiger partial charge is 0.388 e. The van der Waals surface area contributed by atoms with E-state index in [0.717, 1.165) is 0 Å². The van der Waals surface area contributed by atoms with Gasteiger partial charge >= 0.3 is 0 Å². The highest BCUT2D eigenvalue weighted by Gasteiger charge is 2.30. The molecule has 1 aliphatic rings. The molecule has 1 atom stereocenters. The van der Waals surface area contributed by atoms with Crippen molar-refractivity contribution in [1.82, 2.24) is 4.98 Å². The summed E-state index contributed by atoms with van der Waals surface area (Å²) >= 11 is 0. The van der Waals surface area contributed by atoms with Crippen LogP contribution in [0, 0.1) is 17.6 Å². The minimum atomic E-state index is -1.33. The van der Waals surface area contributed by atoms with Gasteiger partial charge in [-0.1, -0.05) is 0 Å². The lowest BCUT2D eigenvalue weighted by Crippen LogP contribution is -2.46. The van der Waals surface area contributed by atoms with Crippen LogP contribution in [0.2, 0.25) is 0 Å². The van der Waals surface area contributed by atoms with Gasteiger partial charge in [0.15, 0.2) is 17.5 Å². The fourth-order valence-corrected chi connectivity index (χ4v) is 2.06. The van der Waals surface area contributed by atoms with Crippen LogP contribution in [0.4, 0.5) is 19.0 Å². The average Bonchev–Trinajstić information content (AvgIpc) is 2.22. The molecule has 2 heterocycles. The lowest BCUT2D eigenvalue weighted by atomic mass is 9.95. The number of aromatic nitrogens is 1. The molecule has 94 valence electrons. The van der Waals surface area contributed by atoms with Crippen LogP contribution >= 0.6 is 0 Å². The first-order valence-electron chi connectivity index (χ1n) is 5.38. The lowest BCUT2D eigenvalue weighted by Gasteiger charge is -2.37. The molecule has 3 nitrogen and oxygen atoms in total. The van der Waals surface area contributed by atoms with Gasteiger partial charge in [-0.15, -0.1) is 0 Å². The fourth-order valence-electron chi connectivity index (χ4n) is 2.06. The quantitative estimate of drug-likeness (QED) is 0.768. The monoisotopic (exact) mass is 246 g/mol. The van der Waals surface area contributed by atoms with Gasteiger partial charge in [0.1, 0.15) is 0 Å². The number of rotatable bonds is 1. The molecule has 1 aromatic rings. The number of pyridine rings is 1. The second kappa shape index (κ2) is 4.18. The topological polar surface area (TPSA) is 36.4 Å². The second-order valence-corrected chi connectivity index (χ2v) is 4.59. The van der Waals surface area contributed by atoms with Crippen LogP contribution in [0.15, 0.2) is 6.07 Å². The number of β-amino-alcohol motifs (C(OH)–C–C–N with tert-alkyl or cyclic N) is 1. The molecule has 1 unspecified atom stereocenters. The Bertz CT molecular complexity index is 437. The van der Waals surface area contributed by atoms with Crippen molar-refractivity contribution in [2.75, 3.05) is 18.0 Å². The van der Waals surface area contributed by atoms with Crippen LogP contribution in [0.1, 0.15) is 19.8 Å². The number of nitrogens with zero attached hydrogens (tertiary/aromatic N) is 2. The van der Waals surface area contributed by atoms with Gasteiger partial charge in [0.25, 0.3) is 5.95 Å². The third-order valence-electron chi connectivity index (χ3n) is 2.84. The van der Waals surface area contributed by atoms with Crippen molar-refractivity contribution < 1.29 is 18.3 Å². The van der Waals surface area contributed by atoms with E-state index in [9.17, 15) is 18.3 Å². The van der Waals surface area contributed by atoms with Crippen LogP contribution in [-0.4, -0.2) is 28.8 Å². The van der Waals surface area contributed by atoms with Crippen LogP contribution in [-0.2, 0) is 0 Å². The van der Waals surface area contributed by atoms with E-state index in [1.54, 1.807) is 6.92 Å². The smallest absolute Gasteiger partial charge is 0.251 e. The van der Waals surface area contributed by atoms with Crippen molar-refractivity contribution in [2.24, 2.45) is 0 Å². The van der Waals surface area contributed by atoms with E-state index in [0.29, 0.717) is 25.5 Å². The summed E-state index contributed by atoms with van der Waals surface area (Å²) in [4.78, 5) is 4.69. The molecule has 1 N–H and O–H groups in total. The van der Waals surface area contributed by atoms with Crippen LogP contribution < -0.4 is 4.90 Å². The van der Waals surface area contributed by atoms with Gasteiger partial charge < -0.3 is 10.0 Å². The second-order valence-electron chi connectivity index (χ2n) is 4.59. The zero-order valence-corrected chi connectivity index (χ0v) is 9.38.